The Balaban J connectivity index is 2.49. The largest absolute Gasteiger partial charge is 0.494 e. The molecule has 0 saturated carbocycles. The monoisotopic (exact) mass is 246 g/mol. The van der Waals surface area contributed by atoms with E-state index in [2.05, 4.69) is 0 Å². The number of ether oxygens (including phenoxy) is 3. The first kappa shape index (κ1) is 12.6. The Morgan fingerprint density at radius 3 is 2.22 bits per heavy atom. The maximum absolute atomic E-state index is 5.57. The van der Waals surface area contributed by atoms with Crippen molar-refractivity contribution >= 4 is 10.8 Å². The van der Waals surface area contributed by atoms with Crippen LogP contribution in [0, 0.1) is 0 Å². The first-order valence-electron chi connectivity index (χ1n) is 6.15. The van der Waals surface area contributed by atoms with Crippen LogP contribution in [-0.2, 0) is 0 Å². The van der Waals surface area contributed by atoms with Crippen LogP contribution in [0.5, 0.6) is 17.2 Å². The Morgan fingerprint density at radius 1 is 0.833 bits per heavy atom. The van der Waals surface area contributed by atoms with Gasteiger partial charge in [0.15, 0.2) is 11.5 Å². The van der Waals surface area contributed by atoms with Gasteiger partial charge in [0, 0.05) is 0 Å². The fourth-order valence-corrected chi connectivity index (χ4v) is 1.92. The molecule has 0 saturated heterocycles. The van der Waals surface area contributed by atoms with Crippen molar-refractivity contribution in [2.75, 3.05) is 20.3 Å². The zero-order valence-corrected chi connectivity index (χ0v) is 11.0. The fourth-order valence-electron chi connectivity index (χ4n) is 1.92. The van der Waals surface area contributed by atoms with Crippen molar-refractivity contribution in [3.63, 3.8) is 0 Å². The third-order valence-electron chi connectivity index (χ3n) is 2.71. The van der Waals surface area contributed by atoms with E-state index >= 15 is 0 Å². The highest BCUT2D eigenvalue weighted by molar-refractivity contribution is 5.87. The molecule has 3 heteroatoms. The Kier molecular flexibility index (Phi) is 3.92. The molecule has 0 fully saturated rings. The maximum Gasteiger partial charge on any atom is 0.161 e. The molecular formula is C15H18O3. The van der Waals surface area contributed by atoms with Crippen LogP contribution in [0.4, 0.5) is 0 Å². The lowest BCUT2D eigenvalue weighted by molar-refractivity contribution is 0.311. The first-order chi connectivity index (χ1) is 8.78. The van der Waals surface area contributed by atoms with Crippen LogP contribution < -0.4 is 14.2 Å². The molecule has 3 nitrogen and oxygen atoms in total. The molecule has 0 aliphatic rings. The summed E-state index contributed by atoms with van der Waals surface area (Å²) >= 11 is 0. The lowest BCUT2D eigenvalue weighted by Crippen LogP contribution is -1.96. The molecule has 96 valence electrons. The summed E-state index contributed by atoms with van der Waals surface area (Å²) in [5, 5.41) is 2.20. The molecule has 0 aliphatic carbocycles. The van der Waals surface area contributed by atoms with Crippen LogP contribution in [0.25, 0.3) is 10.8 Å². The van der Waals surface area contributed by atoms with Gasteiger partial charge in [0.1, 0.15) is 5.75 Å². The SMILES string of the molecule is CCOc1ccc2cc(OC)c(OCC)cc2c1. The zero-order chi connectivity index (χ0) is 13.0. The molecule has 0 atom stereocenters. The summed E-state index contributed by atoms with van der Waals surface area (Å²) in [5.74, 6) is 2.40. The van der Waals surface area contributed by atoms with E-state index in [0.29, 0.717) is 13.2 Å². The molecule has 0 N–H and O–H groups in total. The predicted molar refractivity (Wildman–Crippen MR) is 72.8 cm³/mol. The van der Waals surface area contributed by atoms with Crippen LogP contribution in [-0.4, -0.2) is 20.3 Å². The molecule has 2 aromatic rings. The summed E-state index contributed by atoms with van der Waals surface area (Å²) in [7, 11) is 1.65. The summed E-state index contributed by atoms with van der Waals surface area (Å²) < 4.78 is 16.4. The van der Waals surface area contributed by atoms with Crippen molar-refractivity contribution in [2.24, 2.45) is 0 Å². The summed E-state index contributed by atoms with van der Waals surface area (Å²) in [6.07, 6.45) is 0. The molecule has 0 amide bonds. The van der Waals surface area contributed by atoms with Crippen molar-refractivity contribution in [1.29, 1.82) is 0 Å². The fraction of sp³-hybridized carbons (Fsp3) is 0.333. The average molecular weight is 246 g/mol. The van der Waals surface area contributed by atoms with Gasteiger partial charge in [0.05, 0.1) is 20.3 Å². The molecule has 0 radical (unpaired) electrons. The van der Waals surface area contributed by atoms with E-state index in [0.717, 1.165) is 28.0 Å². The number of benzene rings is 2. The molecule has 0 aliphatic heterocycles. The molecule has 2 aromatic carbocycles. The lowest BCUT2D eigenvalue weighted by Gasteiger charge is -2.11. The topological polar surface area (TPSA) is 27.7 Å². The highest BCUT2D eigenvalue weighted by atomic mass is 16.5. The Morgan fingerprint density at radius 2 is 1.56 bits per heavy atom. The van der Waals surface area contributed by atoms with E-state index in [1.807, 2.05) is 44.2 Å². The zero-order valence-electron chi connectivity index (χ0n) is 11.0. The minimum atomic E-state index is 0.618. The Bertz CT molecular complexity index is 534. The van der Waals surface area contributed by atoms with Gasteiger partial charge in [0.2, 0.25) is 0 Å². The first-order valence-corrected chi connectivity index (χ1v) is 6.15. The number of methoxy groups -OCH3 is 1. The van der Waals surface area contributed by atoms with Crippen molar-refractivity contribution in [1.82, 2.24) is 0 Å². The van der Waals surface area contributed by atoms with Gasteiger partial charge < -0.3 is 14.2 Å². The van der Waals surface area contributed by atoms with Crippen molar-refractivity contribution in [3.05, 3.63) is 30.3 Å². The van der Waals surface area contributed by atoms with Crippen LogP contribution in [0.2, 0.25) is 0 Å². The molecule has 0 unspecified atom stereocenters. The third-order valence-corrected chi connectivity index (χ3v) is 2.71. The standard InChI is InChI=1S/C15H18O3/c1-4-17-13-7-6-11-9-14(16-3)15(18-5-2)10-12(11)8-13/h6-10H,4-5H2,1-3H3. The summed E-state index contributed by atoms with van der Waals surface area (Å²) in [5.41, 5.74) is 0. The second-order valence-corrected chi connectivity index (χ2v) is 3.88. The molecule has 18 heavy (non-hydrogen) atoms. The van der Waals surface area contributed by atoms with Gasteiger partial charge in [0.25, 0.3) is 0 Å². The van der Waals surface area contributed by atoms with E-state index in [1.165, 1.54) is 0 Å². The molecular weight excluding hydrogens is 228 g/mol. The van der Waals surface area contributed by atoms with Crippen LogP contribution in [0.1, 0.15) is 13.8 Å². The van der Waals surface area contributed by atoms with Crippen LogP contribution in [0.3, 0.4) is 0 Å². The van der Waals surface area contributed by atoms with Crippen LogP contribution >= 0.6 is 0 Å². The molecule has 0 aromatic heterocycles. The second kappa shape index (κ2) is 5.63. The minimum absolute atomic E-state index is 0.618. The average Bonchev–Trinajstić information content (AvgIpc) is 2.38. The third kappa shape index (κ3) is 2.50. The van der Waals surface area contributed by atoms with Crippen molar-refractivity contribution in [3.8, 4) is 17.2 Å². The molecule has 2 rings (SSSR count). The molecule has 0 spiro atoms. The van der Waals surface area contributed by atoms with Crippen LogP contribution in [0.15, 0.2) is 30.3 Å². The van der Waals surface area contributed by atoms with Gasteiger partial charge >= 0.3 is 0 Å². The lowest BCUT2D eigenvalue weighted by atomic mass is 10.1. The summed E-state index contributed by atoms with van der Waals surface area (Å²) in [6.45, 7) is 5.22. The van der Waals surface area contributed by atoms with E-state index in [4.69, 9.17) is 14.2 Å². The highest BCUT2D eigenvalue weighted by Crippen LogP contribution is 2.33. The van der Waals surface area contributed by atoms with E-state index in [9.17, 15) is 0 Å². The number of hydrogen-bond donors (Lipinski definition) is 0. The van der Waals surface area contributed by atoms with Gasteiger partial charge in [-0.25, -0.2) is 0 Å². The van der Waals surface area contributed by atoms with Gasteiger partial charge in [-0.05, 0) is 48.9 Å². The number of fused-ring (bicyclic) bond motifs is 1. The summed E-state index contributed by atoms with van der Waals surface area (Å²) in [6, 6.07) is 9.97. The highest BCUT2D eigenvalue weighted by Gasteiger charge is 2.07. The Labute approximate surface area is 107 Å². The van der Waals surface area contributed by atoms with Gasteiger partial charge in [-0.1, -0.05) is 6.07 Å². The van der Waals surface area contributed by atoms with Crippen molar-refractivity contribution < 1.29 is 14.2 Å². The number of rotatable bonds is 5. The molecule has 0 bridgehead atoms. The smallest absolute Gasteiger partial charge is 0.161 e. The van der Waals surface area contributed by atoms with Gasteiger partial charge in [-0.2, -0.15) is 0 Å². The minimum Gasteiger partial charge on any atom is -0.494 e. The normalized spacial score (nSPS) is 10.4. The Hall–Kier alpha value is -1.90. The second-order valence-electron chi connectivity index (χ2n) is 3.88. The quantitative estimate of drug-likeness (QED) is 0.806. The molecule has 0 heterocycles. The van der Waals surface area contributed by atoms with E-state index in [-0.39, 0.29) is 0 Å². The van der Waals surface area contributed by atoms with E-state index in [1.54, 1.807) is 7.11 Å². The van der Waals surface area contributed by atoms with Crippen molar-refractivity contribution in [2.45, 2.75) is 13.8 Å². The maximum atomic E-state index is 5.57. The summed E-state index contributed by atoms with van der Waals surface area (Å²) in [4.78, 5) is 0. The number of hydrogen-bond acceptors (Lipinski definition) is 3. The predicted octanol–water partition coefficient (Wildman–Crippen LogP) is 3.65. The van der Waals surface area contributed by atoms with Gasteiger partial charge in [-0.3, -0.25) is 0 Å². The van der Waals surface area contributed by atoms with Gasteiger partial charge in [-0.15, -0.1) is 0 Å². The van der Waals surface area contributed by atoms with E-state index < -0.39 is 0 Å².